The highest BCUT2D eigenvalue weighted by Crippen LogP contribution is 2.27. The minimum atomic E-state index is 0.707. The van der Waals surface area contributed by atoms with Crippen molar-refractivity contribution in [2.75, 3.05) is 0 Å². The van der Waals surface area contributed by atoms with E-state index in [4.69, 9.17) is 11.6 Å². The summed E-state index contributed by atoms with van der Waals surface area (Å²) in [5.41, 5.74) is 3.83. The Morgan fingerprint density at radius 3 is 2.78 bits per heavy atom. The molecule has 0 bridgehead atoms. The number of fused-ring (bicyclic) bond motifs is 1. The van der Waals surface area contributed by atoms with Crippen molar-refractivity contribution in [1.82, 2.24) is 9.55 Å². The van der Waals surface area contributed by atoms with Gasteiger partial charge in [0.05, 0.1) is 17.4 Å². The molecule has 23 heavy (non-hydrogen) atoms. The van der Waals surface area contributed by atoms with E-state index in [0.29, 0.717) is 5.02 Å². The van der Waals surface area contributed by atoms with Gasteiger partial charge >= 0.3 is 0 Å². The molecule has 3 rings (SSSR count). The smallest absolute Gasteiger partial charge is 0.0718 e. The number of aliphatic imine (C=N–C) groups is 1. The zero-order valence-electron chi connectivity index (χ0n) is 12.8. The summed E-state index contributed by atoms with van der Waals surface area (Å²) < 4.78 is 2.11. The molecule has 0 aliphatic heterocycles. The van der Waals surface area contributed by atoms with Crippen LogP contribution in [0.25, 0.3) is 22.2 Å². The minimum Gasteiger partial charge on any atom is -0.308 e. The summed E-state index contributed by atoms with van der Waals surface area (Å²) in [6.45, 7) is 6.07. The lowest BCUT2D eigenvalue weighted by Crippen LogP contribution is -1.99. The molecule has 0 aliphatic carbocycles. The van der Waals surface area contributed by atoms with Crippen LogP contribution in [0.1, 0.15) is 12.6 Å². The van der Waals surface area contributed by atoms with Crippen LogP contribution < -0.4 is 0 Å². The summed E-state index contributed by atoms with van der Waals surface area (Å²) >= 11 is 6.01. The SMILES string of the molecule is C=C(C=N/C=C\C)c1cc2ccncc2n1-c1ccc(Cl)cc1. The molecule has 114 valence electrons. The minimum absolute atomic E-state index is 0.707. The molecule has 0 spiro atoms. The molecule has 1 aromatic carbocycles. The number of benzene rings is 1. The van der Waals surface area contributed by atoms with Crippen molar-refractivity contribution in [3.05, 3.63) is 78.4 Å². The lowest BCUT2D eigenvalue weighted by Gasteiger charge is -2.10. The van der Waals surface area contributed by atoms with E-state index in [1.165, 1.54) is 0 Å². The second-order valence-electron chi connectivity index (χ2n) is 5.06. The van der Waals surface area contributed by atoms with Crippen LogP contribution in [0.5, 0.6) is 0 Å². The van der Waals surface area contributed by atoms with Gasteiger partial charge in [-0.05, 0) is 43.3 Å². The number of allylic oxidation sites excluding steroid dienone is 2. The van der Waals surface area contributed by atoms with Gasteiger partial charge in [-0.2, -0.15) is 0 Å². The van der Waals surface area contributed by atoms with Gasteiger partial charge in [0.2, 0.25) is 0 Å². The summed E-state index contributed by atoms with van der Waals surface area (Å²) in [4.78, 5) is 8.47. The van der Waals surface area contributed by atoms with Crippen LogP contribution in [0.4, 0.5) is 0 Å². The molecule has 0 aliphatic rings. The Bertz CT molecular complexity index is 902. The zero-order valence-corrected chi connectivity index (χ0v) is 13.5. The van der Waals surface area contributed by atoms with Crippen molar-refractivity contribution in [3.8, 4) is 5.69 Å². The molecule has 0 N–H and O–H groups in total. The predicted octanol–water partition coefficient (Wildman–Crippen LogP) is 5.30. The van der Waals surface area contributed by atoms with Gasteiger partial charge in [0.1, 0.15) is 0 Å². The molecule has 0 saturated heterocycles. The molecule has 0 fully saturated rings. The van der Waals surface area contributed by atoms with Crippen LogP contribution in [-0.4, -0.2) is 15.8 Å². The molecule has 4 heteroatoms. The first kappa shape index (κ1) is 15.3. The summed E-state index contributed by atoms with van der Waals surface area (Å²) in [5, 5.41) is 1.81. The molecule has 3 nitrogen and oxygen atoms in total. The number of halogens is 1. The highest BCUT2D eigenvalue weighted by Gasteiger charge is 2.12. The van der Waals surface area contributed by atoms with Crippen LogP contribution in [0.2, 0.25) is 5.02 Å². The van der Waals surface area contributed by atoms with Crippen molar-refractivity contribution in [2.45, 2.75) is 6.92 Å². The Kier molecular flexibility index (Phi) is 4.40. The van der Waals surface area contributed by atoms with Crippen LogP contribution in [0, 0.1) is 0 Å². The quantitative estimate of drug-likeness (QED) is 0.600. The molecular weight excluding hydrogens is 306 g/mol. The number of hydrogen-bond donors (Lipinski definition) is 0. The molecule has 0 saturated carbocycles. The molecular formula is C19H16ClN3. The molecule has 0 radical (unpaired) electrons. The molecule has 0 amide bonds. The molecule has 2 aromatic heterocycles. The zero-order chi connectivity index (χ0) is 16.2. The van der Waals surface area contributed by atoms with Crippen molar-refractivity contribution >= 4 is 34.3 Å². The van der Waals surface area contributed by atoms with E-state index in [-0.39, 0.29) is 0 Å². The first-order chi connectivity index (χ1) is 11.2. The standard InChI is InChI=1S/C19H16ClN3/c1-3-9-21-12-14(2)18-11-15-8-10-22-13-19(15)23(18)17-6-4-16(20)5-7-17/h3-13H,2H2,1H3/b9-3-,21-12?. The van der Waals surface area contributed by atoms with Gasteiger partial charge in [0.15, 0.2) is 0 Å². The second kappa shape index (κ2) is 6.63. The summed E-state index contributed by atoms with van der Waals surface area (Å²) in [7, 11) is 0. The van der Waals surface area contributed by atoms with E-state index < -0.39 is 0 Å². The fraction of sp³-hybridized carbons (Fsp3) is 0.0526. The van der Waals surface area contributed by atoms with Gasteiger partial charge in [-0.25, -0.2) is 0 Å². The Morgan fingerprint density at radius 2 is 2.04 bits per heavy atom. The van der Waals surface area contributed by atoms with Crippen molar-refractivity contribution < 1.29 is 0 Å². The van der Waals surface area contributed by atoms with Crippen molar-refractivity contribution in [1.29, 1.82) is 0 Å². The highest BCUT2D eigenvalue weighted by molar-refractivity contribution is 6.30. The monoisotopic (exact) mass is 321 g/mol. The van der Waals surface area contributed by atoms with E-state index in [1.54, 1.807) is 18.6 Å². The van der Waals surface area contributed by atoms with Gasteiger partial charge < -0.3 is 4.57 Å². The largest absolute Gasteiger partial charge is 0.308 e. The number of aromatic nitrogens is 2. The van der Waals surface area contributed by atoms with E-state index in [1.807, 2.05) is 49.5 Å². The fourth-order valence-electron chi connectivity index (χ4n) is 2.44. The maximum absolute atomic E-state index is 6.01. The van der Waals surface area contributed by atoms with E-state index in [9.17, 15) is 0 Å². The highest BCUT2D eigenvalue weighted by atomic mass is 35.5. The third-order valence-corrected chi connectivity index (χ3v) is 3.74. The van der Waals surface area contributed by atoms with Gasteiger partial charge in [0, 0.05) is 40.3 Å². The van der Waals surface area contributed by atoms with Gasteiger partial charge in [-0.15, -0.1) is 0 Å². The van der Waals surface area contributed by atoms with Crippen LogP contribution in [0.3, 0.4) is 0 Å². The lowest BCUT2D eigenvalue weighted by molar-refractivity contribution is 1.10. The average molecular weight is 322 g/mol. The number of hydrogen-bond acceptors (Lipinski definition) is 2. The first-order valence-corrected chi connectivity index (χ1v) is 7.63. The Morgan fingerprint density at radius 1 is 1.26 bits per heavy atom. The Balaban J connectivity index is 2.19. The van der Waals surface area contributed by atoms with Crippen LogP contribution in [0.15, 0.2) is 72.6 Å². The van der Waals surface area contributed by atoms with E-state index >= 15 is 0 Å². The number of nitrogens with zero attached hydrogens (tertiary/aromatic N) is 3. The number of rotatable bonds is 4. The molecule has 0 atom stereocenters. The van der Waals surface area contributed by atoms with Crippen molar-refractivity contribution in [3.63, 3.8) is 0 Å². The molecule has 3 aromatic rings. The topological polar surface area (TPSA) is 30.2 Å². The van der Waals surface area contributed by atoms with Crippen LogP contribution in [-0.2, 0) is 0 Å². The Labute approximate surface area is 140 Å². The molecule has 2 heterocycles. The first-order valence-electron chi connectivity index (χ1n) is 7.25. The lowest BCUT2D eigenvalue weighted by atomic mass is 10.2. The maximum atomic E-state index is 6.01. The third-order valence-electron chi connectivity index (χ3n) is 3.49. The van der Waals surface area contributed by atoms with Gasteiger partial charge in [0.25, 0.3) is 0 Å². The second-order valence-corrected chi connectivity index (χ2v) is 5.50. The van der Waals surface area contributed by atoms with Crippen molar-refractivity contribution in [2.24, 2.45) is 4.99 Å². The van der Waals surface area contributed by atoms with E-state index in [2.05, 4.69) is 27.2 Å². The maximum Gasteiger partial charge on any atom is 0.0718 e. The average Bonchev–Trinajstić information content (AvgIpc) is 2.95. The summed E-state index contributed by atoms with van der Waals surface area (Å²) in [5.74, 6) is 0. The van der Waals surface area contributed by atoms with Gasteiger partial charge in [-0.1, -0.05) is 24.3 Å². The molecule has 0 unspecified atom stereocenters. The van der Waals surface area contributed by atoms with E-state index in [0.717, 1.165) is 27.9 Å². The fourth-order valence-corrected chi connectivity index (χ4v) is 2.56. The predicted molar refractivity (Wildman–Crippen MR) is 98.4 cm³/mol. The van der Waals surface area contributed by atoms with Crippen LogP contribution >= 0.6 is 11.6 Å². The van der Waals surface area contributed by atoms with Gasteiger partial charge in [-0.3, -0.25) is 9.98 Å². The Hall–Kier alpha value is -2.65. The third kappa shape index (κ3) is 3.10. The summed E-state index contributed by atoms with van der Waals surface area (Å²) in [6, 6.07) is 11.8. The summed E-state index contributed by atoms with van der Waals surface area (Å²) in [6.07, 6.45) is 9.01. The normalized spacial score (nSPS) is 11.7. The number of pyridine rings is 1.